The summed E-state index contributed by atoms with van der Waals surface area (Å²) in [5, 5.41) is 14.6. The van der Waals surface area contributed by atoms with E-state index in [1.54, 1.807) is 14.2 Å². The fraction of sp³-hybridized carbons (Fsp3) is 0.714. The second kappa shape index (κ2) is 24.8. The smallest absolute Gasteiger partial charge is 0.123 e. The minimum atomic E-state index is 0. The van der Waals surface area contributed by atoms with Gasteiger partial charge in [0, 0.05) is 24.2 Å². The van der Waals surface area contributed by atoms with E-state index in [1.807, 2.05) is 0 Å². The van der Waals surface area contributed by atoms with Gasteiger partial charge in [0.1, 0.15) is 11.5 Å². The molecular weight excluding hydrogens is 668 g/mol. The fourth-order valence-corrected chi connectivity index (χ4v) is 5.92. The van der Waals surface area contributed by atoms with E-state index in [-0.39, 0.29) is 47.9 Å². The van der Waals surface area contributed by atoms with Gasteiger partial charge in [-0.3, -0.25) is 18.8 Å². The van der Waals surface area contributed by atoms with Gasteiger partial charge < -0.3 is 30.7 Å². The Balaban J connectivity index is -0.00000230. The maximum atomic E-state index is 5.88. The van der Waals surface area contributed by atoms with Gasteiger partial charge in [0.25, 0.3) is 0 Å². The molecule has 2 aromatic rings. The molecule has 0 aliphatic heterocycles. The molecule has 2 rings (SSSR count). The van der Waals surface area contributed by atoms with Crippen molar-refractivity contribution in [3.63, 3.8) is 0 Å². The van der Waals surface area contributed by atoms with E-state index in [0.717, 1.165) is 83.1 Å². The van der Waals surface area contributed by atoms with Crippen LogP contribution in [0.3, 0.4) is 0 Å². The average molecular weight is 749 g/mol. The van der Waals surface area contributed by atoms with Crippen LogP contribution in [0.2, 0.25) is 0 Å². The van der Waals surface area contributed by atoms with Crippen molar-refractivity contribution in [3.05, 3.63) is 57.6 Å². The molecule has 0 spiro atoms. The summed E-state index contributed by atoms with van der Waals surface area (Å²) in [6, 6.07) is 9.23. The molecule has 10 heteroatoms. The van der Waals surface area contributed by atoms with Gasteiger partial charge in [0.2, 0.25) is 0 Å². The number of rotatable bonds is 18. The summed E-state index contributed by atoms with van der Waals surface area (Å²) in [4.78, 5) is 0. The number of methoxy groups -OCH3 is 2. The summed E-state index contributed by atoms with van der Waals surface area (Å²) in [6.07, 6.45) is 3.35. The Bertz CT molecular complexity index is 1150. The van der Waals surface area contributed by atoms with Crippen molar-refractivity contribution in [2.75, 3.05) is 53.5 Å². The Morgan fingerprint density at radius 1 is 0.423 bits per heavy atom. The molecule has 4 N–H and O–H groups in total. The molecule has 0 unspecified atom stereocenters. The van der Waals surface area contributed by atoms with Crippen molar-refractivity contribution in [2.24, 2.45) is 0 Å². The Kier molecular flexibility index (Phi) is 26.9. The second-order valence-electron chi connectivity index (χ2n) is 17.3. The lowest BCUT2D eigenvalue weighted by Crippen LogP contribution is -2.27. The van der Waals surface area contributed by atoms with Crippen LogP contribution in [0.1, 0.15) is 143 Å². The first-order valence-electron chi connectivity index (χ1n) is 18.1. The van der Waals surface area contributed by atoms with Gasteiger partial charge in [-0.2, -0.15) is 0 Å². The van der Waals surface area contributed by atoms with Crippen LogP contribution in [0.25, 0.3) is 0 Å². The third-order valence-corrected chi connectivity index (χ3v) is 8.93. The van der Waals surface area contributed by atoms with Crippen molar-refractivity contribution in [1.29, 1.82) is 0 Å². The van der Waals surface area contributed by atoms with Crippen LogP contribution < -0.4 is 30.7 Å². The highest BCUT2D eigenvalue weighted by Crippen LogP contribution is 2.38. The molecule has 0 fully saturated rings. The van der Waals surface area contributed by atoms with E-state index < -0.39 is 0 Å². The Labute approximate surface area is 316 Å². The number of ether oxygens (including phenoxy) is 2. The van der Waals surface area contributed by atoms with Crippen LogP contribution in [0.4, 0.5) is 18.8 Å². The van der Waals surface area contributed by atoms with Gasteiger partial charge in [-0.05, 0) is 115 Å². The lowest BCUT2D eigenvalue weighted by molar-refractivity contribution is 0.401. The third-order valence-electron chi connectivity index (χ3n) is 8.93. The van der Waals surface area contributed by atoms with Crippen molar-refractivity contribution in [3.8, 4) is 11.5 Å². The van der Waals surface area contributed by atoms with Gasteiger partial charge in [-0.1, -0.05) is 103 Å². The van der Waals surface area contributed by atoms with Gasteiger partial charge >= 0.3 is 0 Å². The molecule has 0 heterocycles. The predicted molar refractivity (Wildman–Crippen MR) is 221 cm³/mol. The van der Waals surface area contributed by atoms with Crippen LogP contribution in [0.5, 0.6) is 11.5 Å². The summed E-state index contributed by atoms with van der Waals surface area (Å²) in [7, 11) is 3.59. The van der Waals surface area contributed by atoms with E-state index >= 15 is 0 Å². The number of hydrogen-bond acceptors (Lipinski definition) is 6. The molecule has 6 nitrogen and oxygen atoms in total. The third kappa shape index (κ3) is 18.1. The molecule has 0 bridgehead atoms. The molecule has 0 aliphatic rings. The molecule has 0 saturated heterocycles. The fourth-order valence-electron chi connectivity index (χ4n) is 5.92. The van der Waals surface area contributed by atoms with E-state index in [0.29, 0.717) is 0 Å². The first kappa shape index (κ1) is 56.3. The first-order chi connectivity index (χ1) is 21.8. The maximum absolute atomic E-state index is 5.88. The summed E-state index contributed by atoms with van der Waals surface area (Å²) >= 11 is 0. The minimum absolute atomic E-state index is 0. The summed E-state index contributed by atoms with van der Waals surface area (Å²) in [6.45, 7) is 35.1. The van der Waals surface area contributed by atoms with Crippen LogP contribution in [0, 0.1) is 0 Å². The van der Waals surface area contributed by atoms with Gasteiger partial charge in [-0.15, -0.1) is 0 Å². The van der Waals surface area contributed by atoms with Crippen molar-refractivity contribution in [1.82, 2.24) is 21.3 Å². The van der Waals surface area contributed by atoms with E-state index in [9.17, 15) is 0 Å². The number of hydrogen-bond donors (Lipinski definition) is 4. The lowest BCUT2D eigenvalue weighted by atomic mass is 9.78. The van der Waals surface area contributed by atoms with Gasteiger partial charge in [-0.25, -0.2) is 0 Å². The van der Waals surface area contributed by atoms with E-state index in [2.05, 4.69) is 129 Å². The molecular formula is C42H80F4N4O2. The molecule has 0 radical (unpaired) electrons. The monoisotopic (exact) mass is 749 g/mol. The Morgan fingerprint density at radius 3 is 0.923 bits per heavy atom. The summed E-state index contributed by atoms with van der Waals surface area (Å²) in [5.74, 6) is 1.99. The van der Waals surface area contributed by atoms with Gasteiger partial charge in [0.15, 0.2) is 0 Å². The number of benzene rings is 2. The quantitative estimate of drug-likeness (QED) is 0.0901. The SMILES string of the molecule is C.COc1cc(C(C)(C)C)cc(C(C)(C)C)c1CNCCCNCCCNCCCNCc1c(OC)cc(C(C)(C)C)cc1C(C)(C)C.F.F.F.F. The molecule has 0 aliphatic carbocycles. The predicted octanol–water partition coefficient (Wildman–Crippen LogP) is 9.37. The summed E-state index contributed by atoms with van der Waals surface area (Å²) in [5.41, 5.74) is 8.25. The molecule has 0 saturated carbocycles. The zero-order chi connectivity index (χ0) is 35.5. The molecule has 2 aromatic carbocycles. The molecule has 52 heavy (non-hydrogen) atoms. The topological polar surface area (TPSA) is 66.6 Å². The zero-order valence-electron chi connectivity index (χ0n) is 34.5. The Hall–Kier alpha value is -2.40. The largest absolute Gasteiger partial charge is 0.496 e. The minimum Gasteiger partial charge on any atom is -0.496 e. The summed E-state index contributed by atoms with van der Waals surface area (Å²) < 4.78 is 11.8. The molecule has 308 valence electrons. The van der Waals surface area contributed by atoms with Crippen LogP contribution in [-0.2, 0) is 34.7 Å². The first-order valence-corrected chi connectivity index (χ1v) is 18.1. The number of nitrogens with one attached hydrogen (secondary N) is 4. The Morgan fingerprint density at radius 2 is 0.692 bits per heavy atom. The molecule has 0 amide bonds. The highest BCUT2D eigenvalue weighted by Gasteiger charge is 2.26. The highest BCUT2D eigenvalue weighted by atomic mass is 19.0. The van der Waals surface area contributed by atoms with Crippen molar-refractivity contribution >= 4 is 0 Å². The van der Waals surface area contributed by atoms with E-state index in [1.165, 1.54) is 33.4 Å². The van der Waals surface area contributed by atoms with Crippen LogP contribution >= 0.6 is 0 Å². The number of halogens is 4. The second-order valence-corrected chi connectivity index (χ2v) is 17.3. The van der Waals surface area contributed by atoms with Gasteiger partial charge in [0.05, 0.1) is 14.2 Å². The van der Waals surface area contributed by atoms with Crippen molar-refractivity contribution in [2.45, 2.75) is 145 Å². The molecule has 0 aromatic heterocycles. The average Bonchev–Trinajstić information content (AvgIpc) is 2.96. The van der Waals surface area contributed by atoms with Crippen LogP contribution in [0.15, 0.2) is 24.3 Å². The standard InChI is InChI=1S/C41H72N4O2.CH4.4FH/c1-38(2,3)30-24-34(40(7,8)9)32(36(26-30)46-13)28-44-22-16-20-42-18-15-19-43-21-17-23-45-29-33-35(41(10,11)12)25-31(39(4,5)6)27-37(33)47-14;;;;;/h24-27,42-45H,15-23,28-29H2,1-14H3;1H4;4*1H. The molecule has 0 atom stereocenters. The van der Waals surface area contributed by atoms with E-state index in [4.69, 9.17) is 9.47 Å². The van der Waals surface area contributed by atoms with Crippen LogP contribution in [-0.4, -0.2) is 53.5 Å². The zero-order valence-corrected chi connectivity index (χ0v) is 34.5. The van der Waals surface area contributed by atoms with Crippen molar-refractivity contribution < 1.29 is 28.3 Å². The highest BCUT2D eigenvalue weighted by molar-refractivity contribution is 5.49. The maximum Gasteiger partial charge on any atom is 0.123 e. The lowest BCUT2D eigenvalue weighted by Gasteiger charge is -2.29. The normalized spacial score (nSPS) is 11.7.